The van der Waals surface area contributed by atoms with Crippen molar-refractivity contribution < 1.29 is 29.3 Å². The van der Waals surface area contributed by atoms with E-state index in [1.54, 1.807) is 18.0 Å². The number of carboxylic acids is 1. The van der Waals surface area contributed by atoms with Gasteiger partial charge in [-0.25, -0.2) is 4.79 Å². The molecule has 0 saturated heterocycles. The standard InChI is InChI=1S/C22H23ClN2O6/c1-3-12-9-13(24-20(27)22(29)30)10-17(23)19(12)31-15-7-8-18(26)16(11-15)21(28)25(2)14-5-4-6-14/h7-11,14,26H,3-6H2,1-2H3,(H,24,27)(H,29,30). The maximum Gasteiger partial charge on any atom is 0.394 e. The Kier molecular flexibility index (Phi) is 6.70. The van der Waals surface area contributed by atoms with Crippen LogP contribution in [0, 0.1) is 0 Å². The molecule has 1 saturated carbocycles. The molecule has 9 heteroatoms. The van der Waals surface area contributed by atoms with Crippen molar-refractivity contribution in [3.05, 3.63) is 46.5 Å². The molecule has 2 aromatic carbocycles. The fourth-order valence-corrected chi connectivity index (χ4v) is 3.56. The normalized spacial score (nSPS) is 13.3. The van der Waals surface area contributed by atoms with Crippen LogP contribution in [0.1, 0.15) is 42.1 Å². The summed E-state index contributed by atoms with van der Waals surface area (Å²) in [5.41, 5.74) is 0.984. The van der Waals surface area contributed by atoms with Crippen molar-refractivity contribution in [1.82, 2.24) is 4.90 Å². The molecule has 0 spiro atoms. The number of nitrogens with zero attached hydrogens (tertiary/aromatic N) is 1. The Labute approximate surface area is 184 Å². The number of nitrogens with one attached hydrogen (secondary N) is 1. The number of hydrogen-bond acceptors (Lipinski definition) is 5. The minimum absolute atomic E-state index is 0.131. The first-order valence-electron chi connectivity index (χ1n) is 9.86. The number of aryl methyl sites for hydroxylation is 1. The second kappa shape index (κ2) is 9.26. The number of anilines is 1. The van der Waals surface area contributed by atoms with Crippen LogP contribution in [0.15, 0.2) is 30.3 Å². The molecule has 3 rings (SSSR count). The Balaban J connectivity index is 1.87. The zero-order chi connectivity index (χ0) is 22.7. The number of phenolic OH excluding ortho intramolecular Hbond substituents is 1. The van der Waals surface area contributed by atoms with Crippen molar-refractivity contribution >= 4 is 35.1 Å². The summed E-state index contributed by atoms with van der Waals surface area (Å²) < 4.78 is 5.92. The van der Waals surface area contributed by atoms with E-state index in [1.807, 2.05) is 6.92 Å². The second-order valence-corrected chi connectivity index (χ2v) is 7.75. The molecule has 2 amide bonds. The molecular formula is C22H23ClN2O6. The Bertz CT molecular complexity index is 1030. The predicted octanol–water partition coefficient (Wildman–Crippen LogP) is 4.05. The van der Waals surface area contributed by atoms with E-state index in [0.29, 0.717) is 23.5 Å². The highest BCUT2D eigenvalue weighted by Gasteiger charge is 2.28. The predicted molar refractivity (Wildman–Crippen MR) is 115 cm³/mol. The lowest BCUT2D eigenvalue weighted by Crippen LogP contribution is -2.41. The summed E-state index contributed by atoms with van der Waals surface area (Å²) in [6.07, 6.45) is 3.46. The Morgan fingerprint density at radius 1 is 1.23 bits per heavy atom. The van der Waals surface area contributed by atoms with Gasteiger partial charge in [0.05, 0.1) is 10.6 Å². The first kappa shape index (κ1) is 22.4. The zero-order valence-corrected chi connectivity index (χ0v) is 17.9. The average Bonchev–Trinajstić information content (AvgIpc) is 2.68. The number of aliphatic carboxylic acids is 1. The lowest BCUT2D eigenvalue weighted by atomic mass is 9.91. The topological polar surface area (TPSA) is 116 Å². The molecule has 0 aromatic heterocycles. The molecule has 0 aliphatic heterocycles. The average molecular weight is 447 g/mol. The van der Waals surface area contributed by atoms with Gasteiger partial charge in [0.1, 0.15) is 17.2 Å². The number of amides is 2. The molecule has 31 heavy (non-hydrogen) atoms. The highest BCUT2D eigenvalue weighted by atomic mass is 35.5. The fraction of sp³-hybridized carbons (Fsp3) is 0.318. The highest BCUT2D eigenvalue weighted by Crippen LogP contribution is 2.37. The van der Waals surface area contributed by atoms with E-state index in [0.717, 1.165) is 19.3 Å². The summed E-state index contributed by atoms with van der Waals surface area (Å²) in [5, 5.41) is 21.4. The van der Waals surface area contributed by atoms with Gasteiger partial charge < -0.3 is 25.2 Å². The number of benzene rings is 2. The van der Waals surface area contributed by atoms with Gasteiger partial charge in [0.2, 0.25) is 0 Å². The SMILES string of the molecule is CCc1cc(NC(=O)C(=O)O)cc(Cl)c1Oc1ccc(O)c(C(=O)N(C)C2CCC2)c1. The van der Waals surface area contributed by atoms with E-state index >= 15 is 0 Å². The van der Waals surface area contributed by atoms with Crippen LogP contribution >= 0.6 is 11.6 Å². The van der Waals surface area contributed by atoms with Crippen molar-refractivity contribution in [1.29, 1.82) is 0 Å². The first-order valence-corrected chi connectivity index (χ1v) is 10.2. The number of hydrogen-bond donors (Lipinski definition) is 3. The van der Waals surface area contributed by atoms with Crippen molar-refractivity contribution in [3.63, 3.8) is 0 Å². The van der Waals surface area contributed by atoms with E-state index in [4.69, 9.17) is 21.4 Å². The Morgan fingerprint density at radius 2 is 1.94 bits per heavy atom. The minimum Gasteiger partial charge on any atom is -0.507 e. The summed E-state index contributed by atoms with van der Waals surface area (Å²) in [7, 11) is 1.72. The molecule has 1 aliphatic rings. The third kappa shape index (κ3) is 4.91. The van der Waals surface area contributed by atoms with Gasteiger partial charge in [-0.15, -0.1) is 0 Å². The third-order valence-electron chi connectivity index (χ3n) is 5.31. The van der Waals surface area contributed by atoms with Gasteiger partial charge in [-0.1, -0.05) is 18.5 Å². The number of carboxylic acid groups (broad SMARTS) is 1. The fourth-order valence-electron chi connectivity index (χ4n) is 3.28. The van der Waals surface area contributed by atoms with Crippen molar-refractivity contribution in [2.75, 3.05) is 12.4 Å². The number of aromatic hydroxyl groups is 1. The summed E-state index contributed by atoms with van der Waals surface area (Å²) in [6.45, 7) is 1.85. The van der Waals surface area contributed by atoms with Crippen molar-refractivity contribution in [2.45, 2.75) is 38.6 Å². The van der Waals surface area contributed by atoms with Crippen molar-refractivity contribution in [2.24, 2.45) is 0 Å². The molecular weight excluding hydrogens is 424 g/mol. The number of ether oxygens (including phenoxy) is 1. The van der Waals surface area contributed by atoms with Crippen molar-refractivity contribution in [3.8, 4) is 17.2 Å². The monoisotopic (exact) mass is 446 g/mol. The number of rotatable bonds is 6. The molecule has 2 aromatic rings. The van der Waals surface area contributed by atoms with E-state index in [-0.39, 0.29) is 34.0 Å². The molecule has 1 fully saturated rings. The maximum absolute atomic E-state index is 12.8. The van der Waals surface area contributed by atoms with Gasteiger partial charge in [-0.2, -0.15) is 0 Å². The lowest BCUT2D eigenvalue weighted by molar-refractivity contribution is -0.147. The summed E-state index contributed by atoms with van der Waals surface area (Å²) in [4.78, 5) is 36.6. The molecule has 0 atom stereocenters. The number of carbonyl (C=O) groups excluding carboxylic acids is 2. The second-order valence-electron chi connectivity index (χ2n) is 7.34. The van der Waals surface area contributed by atoms with Crippen LogP contribution < -0.4 is 10.1 Å². The largest absolute Gasteiger partial charge is 0.507 e. The summed E-state index contributed by atoms with van der Waals surface area (Å²) in [6, 6.07) is 7.49. The zero-order valence-electron chi connectivity index (χ0n) is 17.1. The first-order chi connectivity index (χ1) is 14.7. The number of carbonyl (C=O) groups is 3. The van der Waals surface area contributed by atoms with Gasteiger partial charge in [-0.05, 0) is 61.6 Å². The van der Waals surface area contributed by atoms with Gasteiger partial charge >= 0.3 is 11.9 Å². The Hall–Kier alpha value is -3.26. The molecule has 3 N–H and O–H groups in total. The van der Waals surface area contributed by atoms with E-state index < -0.39 is 11.9 Å². The quantitative estimate of drug-likeness (QED) is 0.576. The molecule has 0 radical (unpaired) electrons. The van der Waals surface area contributed by atoms with Gasteiger partial charge in [-0.3, -0.25) is 9.59 Å². The number of halogens is 1. The Morgan fingerprint density at radius 3 is 2.52 bits per heavy atom. The van der Waals surface area contributed by atoms with E-state index in [1.165, 1.54) is 24.3 Å². The third-order valence-corrected chi connectivity index (χ3v) is 5.60. The van der Waals surface area contributed by atoms with Gasteiger partial charge in [0.15, 0.2) is 0 Å². The molecule has 0 heterocycles. The van der Waals surface area contributed by atoms with E-state index in [2.05, 4.69) is 5.32 Å². The van der Waals surface area contributed by atoms with Gasteiger partial charge in [0, 0.05) is 18.8 Å². The van der Waals surface area contributed by atoms with Crippen LogP contribution in [-0.4, -0.2) is 46.0 Å². The highest BCUT2D eigenvalue weighted by molar-refractivity contribution is 6.37. The van der Waals surface area contributed by atoms with Crippen LogP contribution in [0.3, 0.4) is 0 Å². The molecule has 0 unspecified atom stereocenters. The summed E-state index contributed by atoms with van der Waals surface area (Å²) in [5.74, 6) is -2.60. The van der Waals surface area contributed by atoms with Gasteiger partial charge in [0.25, 0.3) is 5.91 Å². The van der Waals surface area contributed by atoms with Crippen LogP contribution in [0.5, 0.6) is 17.2 Å². The smallest absolute Gasteiger partial charge is 0.394 e. The molecule has 8 nitrogen and oxygen atoms in total. The van der Waals surface area contributed by atoms with Crippen LogP contribution in [0.25, 0.3) is 0 Å². The summed E-state index contributed by atoms with van der Waals surface area (Å²) >= 11 is 6.33. The number of phenols is 1. The lowest BCUT2D eigenvalue weighted by Gasteiger charge is -2.34. The minimum atomic E-state index is -1.61. The molecule has 164 valence electrons. The molecule has 1 aliphatic carbocycles. The molecule has 0 bridgehead atoms. The van der Waals surface area contributed by atoms with Crippen LogP contribution in [-0.2, 0) is 16.0 Å². The van der Waals surface area contributed by atoms with Crippen LogP contribution in [0.4, 0.5) is 5.69 Å². The maximum atomic E-state index is 12.8. The van der Waals surface area contributed by atoms with E-state index in [9.17, 15) is 19.5 Å². The van der Waals surface area contributed by atoms with Crippen LogP contribution in [0.2, 0.25) is 5.02 Å².